The lowest BCUT2D eigenvalue weighted by Gasteiger charge is -2.14. The van der Waals surface area contributed by atoms with Gasteiger partial charge in [0.2, 0.25) is 0 Å². The highest BCUT2D eigenvalue weighted by atomic mass is 32.1. The van der Waals surface area contributed by atoms with Crippen LogP contribution in [0.5, 0.6) is 0 Å². The van der Waals surface area contributed by atoms with Gasteiger partial charge in [-0.3, -0.25) is 0 Å². The highest BCUT2D eigenvalue weighted by Crippen LogP contribution is 2.18. The second kappa shape index (κ2) is 5.00. The molecule has 78 valence electrons. The van der Waals surface area contributed by atoms with Gasteiger partial charge in [0.25, 0.3) is 0 Å². The molecule has 0 aliphatic heterocycles. The largest absolute Gasteiger partial charge is 0.313 e. The van der Waals surface area contributed by atoms with E-state index in [4.69, 9.17) is 0 Å². The van der Waals surface area contributed by atoms with E-state index in [1.54, 1.807) is 17.7 Å². The fraction of sp³-hybridized carbons (Fsp3) is 0.273. The van der Waals surface area contributed by atoms with Crippen LogP contribution in [0.25, 0.3) is 0 Å². The highest BCUT2D eigenvalue weighted by Gasteiger charge is 2.10. The van der Waals surface area contributed by atoms with E-state index < -0.39 is 0 Å². The minimum Gasteiger partial charge on any atom is -0.313 e. The van der Waals surface area contributed by atoms with E-state index in [-0.39, 0.29) is 0 Å². The lowest BCUT2D eigenvalue weighted by atomic mass is 10.0. The van der Waals surface area contributed by atoms with E-state index in [1.165, 1.54) is 5.56 Å². The third kappa shape index (κ3) is 2.61. The molecule has 0 aliphatic carbocycles. The molecule has 3 nitrogen and oxygen atoms in total. The van der Waals surface area contributed by atoms with Gasteiger partial charge in [0, 0.05) is 24.0 Å². The molecule has 0 amide bonds. The lowest BCUT2D eigenvalue weighted by molar-refractivity contribution is 0.588. The average Bonchev–Trinajstić information content (AvgIpc) is 2.80. The Morgan fingerprint density at radius 3 is 2.80 bits per heavy atom. The van der Waals surface area contributed by atoms with Crippen molar-refractivity contribution in [2.45, 2.75) is 12.5 Å². The molecule has 2 heterocycles. The summed E-state index contributed by atoms with van der Waals surface area (Å²) in [7, 11) is 1.96. The number of rotatable bonds is 4. The zero-order valence-corrected chi connectivity index (χ0v) is 9.37. The van der Waals surface area contributed by atoms with Gasteiger partial charge in [-0.2, -0.15) is 11.3 Å². The zero-order chi connectivity index (χ0) is 10.5. The third-order valence-electron chi connectivity index (χ3n) is 2.35. The van der Waals surface area contributed by atoms with E-state index in [0.717, 1.165) is 12.0 Å². The summed E-state index contributed by atoms with van der Waals surface area (Å²) in [5, 5.41) is 7.56. The van der Waals surface area contributed by atoms with Crippen LogP contribution in [0, 0.1) is 0 Å². The molecule has 0 aromatic carbocycles. The first-order chi connectivity index (χ1) is 7.40. The first kappa shape index (κ1) is 10.3. The van der Waals surface area contributed by atoms with Gasteiger partial charge in [-0.25, -0.2) is 9.97 Å². The lowest BCUT2D eigenvalue weighted by Crippen LogP contribution is -2.18. The van der Waals surface area contributed by atoms with Gasteiger partial charge in [-0.05, 0) is 35.9 Å². The van der Waals surface area contributed by atoms with Crippen LogP contribution in [0.2, 0.25) is 0 Å². The molecule has 0 saturated carbocycles. The van der Waals surface area contributed by atoms with Gasteiger partial charge >= 0.3 is 0 Å². The molecule has 4 heteroatoms. The van der Waals surface area contributed by atoms with Gasteiger partial charge in [-0.15, -0.1) is 0 Å². The minimum absolute atomic E-state index is 0.292. The zero-order valence-electron chi connectivity index (χ0n) is 8.55. The van der Waals surface area contributed by atoms with E-state index in [1.807, 2.05) is 19.4 Å². The van der Waals surface area contributed by atoms with Gasteiger partial charge < -0.3 is 5.32 Å². The standard InChI is InChI=1S/C11H13N3S/c1-12-11(4-9-2-3-15-7-9)10-5-13-8-14-6-10/h2-3,5-8,11-12H,4H2,1H3. The Kier molecular flexibility index (Phi) is 3.42. The van der Waals surface area contributed by atoms with Crippen molar-refractivity contribution in [1.29, 1.82) is 0 Å². The summed E-state index contributed by atoms with van der Waals surface area (Å²) in [6.45, 7) is 0. The average molecular weight is 219 g/mol. The molecule has 2 rings (SSSR count). The van der Waals surface area contributed by atoms with Gasteiger partial charge in [-0.1, -0.05) is 0 Å². The van der Waals surface area contributed by atoms with Crippen molar-refractivity contribution in [3.63, 3.8) is 0 Å². The van der Waals surface area contributed by atoms with E-state index in [2.05, 4.69) is 32.1 Å². The maximum atomic E-state index is 4.03. The van der Waals surface area contributed by atoms with E-state index in [0.29, 0.717) is 6.04 Å². The van der Waals surface area contributed by atoms with Gasteiger partial charge in [0.15, 0.2) is 0 Å². The summed E-state index contributed by atoms with van der Waals surface area (Å²) < 4.78 is 0. The Balaban J connectivity index is 2.12. The first-order valence-electron chi connectivity index (χ1n) is 4.83. The van der Waals surface area contributed by atoms with Crippen molar-refractivity contribution in [2.75, 3.05) is 7.05 Å². The summed E-state index contributed by atoms with van der Waals surface area (Å²) in [4.78, 5) is 8.07. The quantitative estimate of drug-likeness (QED) is 0.855. The van der Waals surface area contributed by atoms with Crippen molar-refractivity contribution in [1.82, 2.24) is 15.3 Å². The summed E-state index contributed by atoms with van der Waals surface area (Å²) in [5.74, 6) is 0. The Bertz CT molecular complexity index is 385. The number of hydrogen-bond acceptors (Lipinski definition) is 4. The van der Waals surface area contributed by atoms with Crippen LogP contribution >= 0.6 is 11.3 Å². The molecule has 1 N–H and O–H groups in total. The van der Waals surface area contributed by atoms with Crippen LogP contribution in [0.1, 0.15) is 17.2 Å². The minimum atomic E-state index is 0.292. The summed E-state index contributed by atoms with van der Waals surface area (Å²) in [6.07, 6.45) is 6.26. The molecule has 0 bridgehead atoms. The molecular weight excluding hydrogens is 206 g/mol. The smallest absolute Gasteiger partial charge is 0.115 e. The molecule has 1 unspecified atom stereocenters. The Morgan fingerprint density at radius 1 is 1.40 bits per heavy atom. The van der Waals surface area contributed by atoms with Crippen molar-refractivity contribution in [3.8, 4) is 0 Å². The van der Waals surface area contributed by atoms with Gasteiger partial charge in [0.05, 0.1) is 0 Å². The Labute approximate surface area is 93.2 Å². The predicted octanol–water partition coefficient (Wildman–Crippen LogP) is 2.04. The summed E-state index contributed by atoms with van der Waals surface area (Å²) >= 11 is 1.73. The number of likely N-dealkylation sites (N-methyl/N-ethyl adjacent to an activating group) is 1. The fourth-order valence-electron chi connectivity index (χ4n) is 1.52. The van der Waals surface area contributed by atoms with Crippen molar-refractivity contribution < 1.29 is 0 Å². The third-order valence-corrected chi connectivity index (χ3v) is 3.08. The second-order valence-electron chi connectivity index (χ2n) is 3.35. The number of thiophene rings is 1. The van der Waals surface area contributed by atoms with Crippen LogP contribution < -0.4 is 5.32 Å². The molecule has 0 saturated heterocycles. The van der Waals surface area contributed by atoms with E-state index in [9.17, 15) is 0 Å². The molecule has 1 atom stereocenters. The maximum absolute atomic E-state index is 4.03. The monoisotopic (exact) mass is 219 g/mol. The van der Waals surface area contributed by atoms with Crippen LogP contribution in [0.4, 0.5) is 0 Å². The van der Waals surface area contributed by atoms with Crippen molar-refractivity contribution >= 4 is 11.3 Å². The Hall–Kier alpha value is -1.26. The van der Waals surface area contributed by atoms with Crippen LogP contribution in [-0.2, 0) is 6.42 Å². The molecule has 2 aromatic heterocycles. The predicted molar refractivity (Wildman–Crippen MR) is 61.9 cm³/mol. The molecule has 0 spiro atoms. The van der Waals surface area contributed by atoms with Crippen molar-refractivity contribution in [3.05, 3.63) is 46.7 Å². The van der Waals surface area contributed by atoms with Crippen LogP contribution in [0.3, 0.4) is 0 Å². The molecular formula is C11H13N3S. The van der Waals surface area contributed by atoms with Crippen LogP contribution in [0.15, 0.2) is 35.5 Å². The first-order valence-corrected chi connectivity index (χ1v) is 5.77. The number of nitrogens with one attached hydrogen (secondary N) is 1. The summed E-state index contributed by atoms with van der Waals surface area (Å²) in [5.41, 5.74) is 2.48. The second-order valence-corrected chi connectivity index (χ2v) is 4.13. The van der Waals surface area contributed by atoms with Gasteiger partial charge in [0.1, 0.15) is 6.33 Å². The molecule has 0 radical (unpaired) electrons. The molecule has 0 fully saturated rings. The topological polar surface area (TPSA) is 37.8 Å². The Morgan fingerprint density at radius 2 is 2.20 bits per heavy atom. The fourth-order valence-corrected chi connectivity index (χ4v) is 2.20. The maximum Gasteiger partial charge on any atom is 0.115 e. The molecule has 15 heavy (non-hydrogen) atoms. The SMILES string of the molecule is CNC(Cc1ccsc1)c1cncnc1. The number of hydrogen-bond donors (Lipinski definition) is 1. The normalized spacial score (nSPS) is 12.6. The van der Waals surface area contributed by atoms with E-state index >= 15 is 0 Å². The molecule has 2 aromatic rings. The highest BCUT2D eigenvalue weighted by molar-refractivity contribution is 7.07. The van der Waals surface area contributed by atoms with Crippen LogP contribution in [-0.4, -0.2) is 17.0 Å². The van der Waals surface area contributed by atoms with Crippen molar-refractivity contribution in [2.24, 2.45) is 0 Å². The molecule has 0 aliphatic rings. The number of nitrogens with zero attached hydrogens (tertiary/aromatic N) is 2. The number of aromatic nitrogens is 2. The summed E-state index contributed by atoms with van der Waals surface area (Å²) in [6, 6.07) is 2.44.